The second kappa shape index (κ2) is 9.27. The Morgan fingerprint density at radius 3 is 2.41 bits per heavy atom. The first-order valence-electron chi connectivity index (χ1n) is 9.72. The summed E-state index contributed by atoms with van der Waals surface area (Å²) in [6.07, 6.45) is 0. The molecule has 5 nitrogen and oxygen atoms in total. The molecular weight excluding hydrogens is 382 g/mol. The van der Waals surface area contributed by atoms with Gasteiger partial charge < -0.3 is 9.73 Å². The fourth-order valence-electron chi connectivity index (χ4n) is 2.84. The highest BCUT2D eigenvalue weighted by atomic mass is 32.2. The number of benzene rings is 2. The van der Waals surface area contributed by atoms with E-state index in [-0.39, 0.29) is 23.0 Å². The van der Waals surface area contributed by atoms with Crippen LogP contribution in [0.5, 0.6) is 0 Å². The maximum atomic E-state index is 12.1. The predicted molar refractivity (Wildman–Crippen MR) is 117 cm³/mol. The number of carbonyl (C=O) groups is 1. The molecule has 0 saturated carbocycles. The van der Waals surface area contributed by atoms with Gasteiger partial charge in [0.15, 0.2) is 0 Å². The number of amides is 1. The number of hydrogen-bond donors (Lipinski definition) is 1. The molecule has 0 aliphatic carbocycles. The second-order valence-electron chi connectivity index (χ2n) is 8.10. The highest BCUT2D eigenvalue weighted by Crippen LogP contribution is 2.27. The van der Waals surface area contributed by atoms with Crippen LogP contribution in [-0.2, 0) is 10.2 Å². The number of nitrogens with zero attached hydrogens (tertiary/aromatic N) is 2. The zero-order chi connectivity index (χ0) is 20.9. The lowest BCUT2D eigenvalue weighted by molar-refractivity contribution is -0.118. The summed E-state index contributed by atoms with van der Waals surface area (Å²) >= 11 is 1.25. The molecular formula is C23H27N3O2S. The van der Waals surface area contributed by atoms with Crippen LogP contribution in [0.2, 0.25) is 0 Å². The molecule has 3 rings (SSSR count). The van der Waals surface area contributed by atoms with Gasteiger partial charge in [-0.05, 0) is 34.6 Å². The van der Waals surface area contributed by atoms with Crippen molar-refractivity contribution in [1.82, 2.24) is 15.5 Å². The van der Waals surface area contributed by atoms with Gasteiger partial charge in [-0.2, -0.15) is 0 Å². The molecule has 0 unspecified atom stereocenters. The van der Waals surface area contributed by atoms with E-state index in [4.69, 9.17) is 4.42 Å². The molecule has 2 aromatic carbocycles. The Kier molecular flexibility index (Phi) is 6.75. The first kappa shape index (κ1) is 21.1. The van der Waals surface area contributed by atoms with Crippen LogP contribution in [0.4, 0.5) is 0 Å². The van der Waals surface area contributed by atoms with E-state index in [2.05, 4.69) is 67.5 Å². The predicted octanol–water partition coefficient (Wildman–Crippen LogP) is 5.05. The van der Waals surface area contributed by atoms with E-state index in [1.807, 2.05) is 30.3 Å². The molecule has 6 heteroatoms. The Morgan fingerprint density at radius 1 is 1.07 bits per heavy atom. The summed E-state index contributed by atoms with van der Waals surface area (Å²) in [5.41, 5.74) is 3.43. The third-order valence-corrected chi connectivity index (χ3v) is 5.52. The lowest BCUT2D eigenvalue weighted by atomic mass is 9.87. The van der Waals surface area contributed by atoms with Crippen molar-refractivity contribution in [3.05, 3.63) is 65.7 Å². The van der Waals surface area contributed by atoms with Gasteiger partial charge in [0.1, 0.15) is 0 Å². The molecule has 1 N–H and O–H groups in total. The van der Waals surface area contributed by atoms with Crippen LogP contribution < -0.4 is 5.32 Å². The Hall–Kier alpha value is -2.60. The van der Waals surface area contributed by atoms with E-state index in [0.717, 1.165) is 5.56 Å². The van der Waals surface area contributed by atoms with Crippen LogP contribution in [0, 0.1) is 0 Å². The number of thioether (sulfide) groups is 1. The maximum Gasteiger partial charge on any atom is 0.277 e. The van der Waals surface area contributed by atoms with Crippen molar-refractivity contribution in [3.8, 4) is 11.5 Å². The summed E-state index contributed by atoms with van der Waals surface area (Å²) in [5.74, 6) is 0.917. The molecule has 1 aromatic heterocycles. The van der Waals surface area contributed by atoms with Crippen molar-refractivity contribution < 1.29 is 9.21 Å². The Bertz CT molecular complexity index is 931. The quantitative estimate of drug-likeness (QED) is 0.553. The minimum Gasteiger partial charge on any atom is -0.411 e. The molecule has 0 aliphatic rings. The molecule has 1 heterocycles. The van der Waals surface area contributed by atoms with Gasteiger partial charge in [-0.1, -0.05) is 81.9 Å². The van der Waals surface area contributed by atoms with Gasteiger partial charge in [-0.25, -0.2) is 0 Å². The molecule has 0 fully saturated rings. The van der Waals surface area contributed by atoms with Crippen molar-refractivity contribution >= 4 is 17.7 Å². The van der Waals surface area contributed by atoms with Crippen molar-refractivity contribution in [1.29, 1.82) is 0 Å². The average Bonchev–Trinajstić information content (AvgIpc) is 3.19. The maximum absolute atomic E-state index is 12.1. The third-order valence-electron chi connectivity index (χ3n) is 4.71. The fourth-order valence-corrected chi connectivity index (χ4v) is 3.44. The lowest BCUT2D eigenvalue weighted by Crippen LogP contribution is -2.28. The smallest absolute Gasteiger partial charge is 0.277 e. The summed E-state index contributed by atoms with van der Waals surface area (Å²) in [5, 5.41) is 11.5. The van der Waals surface area contributed by atoms with Gasteiger partial charge in [0.25, 0.3) is 5.22 Å². The van der Waals surface area contributed by atoms with Gasteiger partial charge in [0.05, 0.1) is 5.75 Å². The van der Waals surface area contributed by atoms with Gasteiger partial charge in [0.2, 0.25) is 11.8 Å². The van der Waals surface area contributed by atoms with E-state index >= 15 is 0 Å². The SMILES string of the molecule is C[C@@H](CNC(=O)CSc1nnc(-c2ccc(C(C)(C)C)cc2)o1)c1ccccc1. The minimum atomic E-state index is -0.0490. The summed E-state index contributed by atoms with van der Waals surface area (Å²) in [6.45, 7) is 9.22. The van der Waals surface area contributed by atoms with E-state index < -0.39 is 0 Å². The molecule has 1 amide bonds. The molecule has 0 radical (unpaired) electrons. The zero-order valence-corrected chi connectivity index (χ0v) is 18.1. The van der Waals surface area contributed by atoms with E-state index in [0.29, 0.717) is 17.7 Å². The lowest BCUT2D eigenvalue weighted by Gasteiger charge is -2.18. The molecule has 3 aromatic rings. The minimum absolute atomic E-state index is 0.0490. The summed E-state index contributed by atoms with van der Waals surface area (Å²) in [4.78, 5) is 12.1. The van der Waals surface area contributed by atoms with Crippen molar-refractivity contribution in [2.45, 2.75) is 44.3 Å². The van der Waals surface area contributed by atoms with Crippen molar-refractivity contribution in [3.63, 3.8) is 0 Å². The molecule has 0 bridgehead atoms. The normalized spacial score (nSPS) is 12.6. The van der Waals surface area contributed by atoms with Crippen molar-refractivity contribution in [2.75, 3.05) is 12.3 Å². The Balaban J connectivity index is 1.49. The van der Waals surface area contributed by atoms with Gasteiger partial charge in [0, 0.05) is 12.1 Å². The summed E-state index contributed by atoms with van der Waals surface area (Å²) in [6, 6.07) is 18.3. The largest absolute Gasteiger partial charge is 0.411 e. The van der Waals surface area contributed by atoms with Crippen LogP contribution in [0.1, 0.15) is 44.7 Å². The van der Waals surface area contributed by atoms with E-state index in [9.17, 15) is 4.79 Å². The third kappa shape index (κ3) is 5.94. The fraction of sp³-hybridized carbons (Fsp3) is 0.348. The van der Waals surface area contributed by atoms with Gasteiger partial charge in [-0.3, -0.25) is 4.79 Å². The molecule has 0 spiro atoms. The zero-order valence-electron chi connectivity index (χ0n) is 17.3. The number of rotatable bonds is 7. The highest BCUT2D eigenvalue weighted by Gasteiger charge is 2.15. The molecule has 29 heavy (non-hydrogen) atoms. The standard InChI is InChI=1S/C23H27N3O2S/c1-16(17-8-6-5-7-9-17)14-24-20(27)15-29-22-26-25-21(28-22)18-10-12-19(13-11-18)23(2,3)4/h5-13,16H,14-15H2,1-4H3,(H,24,27)/t16-/m0/s1. The Labute approximate surface area is 176 Å². The van der Waals surface area contributed by atoms with Crippen LogP contribution in [0.25, 0.3) is 11.5 Å². The number of carbonyl (C=O) groups excluding carboxylic acids is 1. The van der Waals surface area contributed by atoms with Crippen LogP contribution >= 0.6 is 11.8 Å². The summed E-state index contributed by atoms with van der Waals surface area (Å²) < 4.78 is 5.70. The van der Waals surface area contributed by atoms with E-state index in [1.54, 1.807) is 0 Å². The number of hydrogen-bond acceptors (Lipinski definition) is 5. The molecule has 0 saturated heterocycles. The average molecular weight is 410 g/mol. The van der Waals surface area contributed by atoms with Crippen LogP contribution in [0.3, 0.4) is 0 Å². The monoisotopic (exact) mass is 409 g/mol. The second-order valence-corrected chi connectivity index (χ2v) is 9.03. The topological polar surface area (TPSA) is 68.0 Å². The molecule has 0 aliphatic heterocycles. The van der Waals surface area contributed by atoms with E-state index in [1.165, 1.54) is 22.9 Å². The van der Waals surface area contributed by atoms with Crippen LogP contribution in [0.15, 0.2) is 64.2 Å². The van der Waals surface area contributed by atoms with Gasteiger partial charge >= 0.3 is 0 Å². The first-order valence-corrected chi connectivity index (χ1v) is 10.7. The molecule has 152 valence electrons. The first-order chi connectivity index (χ1) is 13.8. The Morgan fingerprint density at radius 2 is 1.76 bits per heavy atom. The van der Waals surface area contributed by atoms with Crippen molar-refractivity contribution in [2.24, 2.45) is 0 Å². The van der Waals surface area contributed by atoms with Gasteiger partial charge in [-0.15, -0.1) is 10.2 Å². The molecule has 1 atom stereocenters. The number of nitrogens with one attached hydrogen (secondary N) is 1. The highest BCUT2D eigenvalue weighted by molar-refractivity contribution is 7.99. The summed E-state index contributed by atoms with van der Waals surface area (Å²) in [7, 11) is 0. The number of aromatic nitrogens is 2. The van der Waals surface area contributed by atoms with Crippen LogP contribution in [-0.4, -0.2) is 28.4 Å².